The molecule has 8 aromatic carbocycles. The van der Waals surface area contributed by atoms with Crippen LogP contribution in [0.5, 0.6) is 0 Å². The molecule has 0 saturated heterocycles. The topological polar surface area (TPSA) is 67.4 Å². The van der Waals surface area contributed by atoms with Crippen molar-refractivity contribution in [1.82, 2.24) is 19.5 Å². The Morgan fingerprint density at radius 3 is 1.78 bits per heavy atom. The van der Waals surface area contributed by atoms with Gasteiger partial charge in [-0.3, -0.25) is 0 Å². The van der Waals surface area contributed by atoms with Crippen LogP contribution >= 0.6 is 11.3 Å². The van der Waals surface area contributed by atoms with Gasteiger partial charge in [0.2, 0.25) is 0 Å². The third kappa shape index (κ3) is 5.56. The second-order valence-electron chi connectivity index (χ2n) is 14.3. The SMILES string of the molecule is N#Cc1ccccc1-c1ccc2c(c1)c1ccccc1n2-c1ccc(-c2cccc3c2sc2ccccc23)cc1-c1nc(-c2ccccc2)nc(-c2ccccc2)n1. The quantitative estimate of drug-likeness (QED) is 0.169. The van der Waals surface area contributed by atoms with Crippen molar-refractivity contribution in [3.8, 4) is 68.2 Å². The largest absolute Gasteiger partial charge is 0.309 e. The van der Waals surface area contributed by atoms with Crippen molar-refractivity contribution < 1.29 is 0 Å². The molecule has 0 aliphatic heterocycles. The van der Waals surface area contributed by atoms with Gasteiger partial charge in [-0.15, -0.1) is 11.3 Å². The Morgan fingerprint density at radius 2 is 1.00 bits per heavy atom. The van der Waals surface area contributed by atoms with Crippen molar-refractivity contribution in [3.05, 3.63) is 194 Å². The van der Waals surface area contributed by atoms with Crippen molar-refractivity contribution in [2.45, 2.75) is 0 Å². The second-order valence-corrected chi connectivity index (χ2v) is 15.3. The molecule has 0 unspecified atom stereocenters. The molecule has 0 fully saturated rings. The maximum Gasteiger partial charge on any atom is 0.166 e. The van der Waals surface area contributed by atoms with Gasteiger partial charge in [-0.05, 0) is 64.7 Å². The van der Waals surface area contributed by atoms with Gasteiger partial charge in [0, 0.05) is 47.6 Å². The van der Waals surface area contributed by atoms with E-state index in [1.807, 2.05) is 96.3 Å². The molecule has 0 N–H and O–H groups in total. The molecule has 3 aromatic heterocycles. The number of hydrogen-bond acceptors (Lipinski definition) is 5. The summed E-state index contributed by atoms with van der Waals surface area (Å²) in [6, 6.07) is 67.4. The fourth-order valence-corrected chi connectivity index (χ4v) is 9.45. The summed E-state index contributed by atoms with van der Waals surface area (Å²) in [5.41, 5.74) is 10.6. The number of benzene rings is 8. The van der Waals surface area contributed by atoms with Gasteiger partial charge in [0.1, 0.15) is 0 Å². The molecular weight excluding hydrogens is 727 g/mol. The number of nitriles is 1. The van der Waals surface area contributed by atoms with Crippen LogP contribution in [-0.4, -0.2) is 19.5 Å². The molecule has 11 rings (SSSR count). The number of nitrogens with zero attached hydrogens (tertiary/aromatic N) is 5. The van der Waals surface area contributed by atoms with E-state index in [9.17, 15) is 5.26 Å². The molecule has 3 heterocycles. The minimum absolute atomic E-state index is 0.582. The predicted molar refractivity (Wildman–Crippen MR) is 239 cm³/mol. The molecular formula is C52H31N5S. The van der Waals surface area contributed by atoms with Crippen LogP contribution in [0.15, 0.2) is 188 Å². The van der Waals surface area contributed by atoms with Crippen molar-refractivity contribution in [2.75, 3.05) is 0 Å². The highest BCUT2D eigenvalue weighted by atomic mass is 32.1. The van der Waals surface area contributed by atoms with E-state index in [4.69, 9.17) is 15.0 Å². The van der Waals surface area contributed by atoms with Gasteiger partial charge >= 0.3 is 0 Å². The van der Waals surface area contributed by atoms with E-state index in [1.54, 1.807) is 0 Å². The standard InChI is InChI=1S/C52H31N5S/c53-32-37-18-7-8-19-38(37)35-26-28-46-43(30-35)40-20-9-11-24-45(40)57(46)47-29-27-36(39-22-13-23-42-41-21-10-12-25-48(41)58-49(39)42)31-44(47)52-55-50(33-14-3-1-4-15-33)54-51(56-52)34-16-5-2-6-17-34/h1-31H. The zero-order valence-corrected chi connectivity index (χ0v) is 31.9. The number of rotatable bonds is 6. The molecule has 0 atom stereocenters. The highest BCUT2D eigenvalue weighted by molar-refractivity contribution is 7.26. The Hall–Kier alpha value is -7.72. The van der Waals surface area contributed by atoms with Crippen molar-refractivity contribution in [3.63, 3.8) is 0 Å². The van der Waals surface area contributed by atoms with E-state index in [2.05, 4.69) is 114 Å². The number of hydrogen-bond donors (Lipinski definition) is 0. The van der Waals surface area contributed by atoms with Gasteiger partial charge in [0.25, 0.3) is 0 Å². The Kier molecular flexibility index (Phi) is 7.99. The fourth-order valence-electron chi connectivity index (χ4n) is 8.21. The van der Waals surface area contributed by atoms with Gasteiger partial charge < -0.3 is 4.57 Å². The average molecular weight is 758 g/mol. The zero-order chi connectivity index (χ0) is 38.6. The Labute approximate surface area is 338 Å². The zero-order valence-electron chi connectivity index (χ0n) is 31.0. The van der Waals surface area contributed by atoms with E-state index >= 15 is 0 Å². The molecule has 270 valence electrons. The Morgan fingerprint density at radius 1 is 0.414 bits per heavy atom. The first-order chi connectivity index (χ1) is 28.7. The van der Waals surface area contributed by atoms with Crippen LogP contribution in [0.1, 0.15) is 5.56 Å². The lowest BCUT2D eigenvalue weighted by molar-refractivity contribution is 1.06. The van der Waals surface area contributed by atoms with Gasteiger partial charge in [0.05, 0.1) is 28.4 Å². The normalized spacial score (nSPS) is 11.4. The van der Waals surface area contributed by atoms with Crippen LogP contribution in [0.3, 0.4) is 0 Å². The molecule has 6 heteroatoms. The maximum absolute atomic E-state index is 9.97. The first-order valence-corrected chi connectivity index (χ1v) is 20.0. The highest BCUT2D eigenvalue weighted by Crippen LogP contribution is 2.43. The van der Waals surface area contributed by atoms with E-state index in [1.165, 1.54) is 20.2 Å². The first-order valence-electron chi connectivity index (χ1n) is 19.2. The van der Waals surface area contributed by atoms with Crippen LogP contribution in [0.2, 0.25) is 0 Å². The number of thiophene rings is 1. The highest BCUT2D eigenvalue weighted by Gasteiger charge is 2.22. The summed E-state index contributed by atoms with van der Waals surface area (Å²) in [7, 11) is 0. The summed E-state index contributed by atoms with van der Waals surface area (Å²) in [6.45, 7) is 0. The lowest BCUT2D eigenvalue weighted by Crippen LogP contribution is -2.04. The molecule has 58 heavy (non-hydrogen) atoms. The first kappa shape index (κ1) is 33.6. The molecule has 5 nitrogen and oxygen atoms in total. The predicted octanol–water partition coefficient (Wildman–Crippen LogP) is 13.5. The van der Waals surface area contributed by atoms with Crippen molar-refractivity contribution in [1.29, 1.82) is 5.26 Å². The lowest BCUT2D eigenvalue weighted by Gasteiger charge is -2.17. The molecule has 0 bridgehead atoms. The molecule has 0 radical (unpaired) electrons. The summed E-state index contributed by atoms with van der Waals surface area (Å²) in [5.74, 6) is 1.80. The van der Waals surface area contributed by atoms with Gasteiger partial charge in [-0.25, -0.2) is 15.0 Å². The minimum Gasteiger partial charge on any atom is -0.309 e. The second kappa shape index (κ2) is 13.8. The van der Waals surface area contributed by atoms with Crippen LogP contribution in [0.25, 0.3) is 104 Å². The maximum atomic E-state index is 9.97. The molecule has 0 saturated carbocycles. The third-order valence-corrected chi connectivity index (χ3v) is 12.1. The van der Waals surface area contributed by atoms with Crippen LogP contribution < -0.4 is 0 Å². The van der Waals surface area contributed by atoms with E-state index < -0.39 is 0 Å². The van der Waals surface area contributed by atoms with E-state index in [0.717, 1.165) is 66.4 Å². The molecule has 0 spiro atoms. The fraction of sp³-hybridized carbons (Fsp3) is 0. The number of fused-ring (bicyclic) bond motifs is 6. The van der Waals surface area contributed by atoms with Crippen molar-refractivity contribution in [2.24, 2.45) is 0 Å². The molecule has 0 amide bonds. The summed E-state index contributed by atoms with van der Waals surface area (Å²) in [6.07, 6.45) is 0. The van der Waals surface area contributed by atoms with Crippen LogP contribution in [0.4, 0.5) is 0 Å². The Bertz CT molecular complexity index is 3360. The van der Waals surface area contributed by atoms with E-state index in [-0.39, 0.29) is 0 Å². The van der Waals surface area contributed by atoms with E-state index in [0.29, 0.717) is 23.0 Å². The third-order valence-electron chi connectivity index (χ3n) is 10.9. The monoisotopic (exact) mass is 757 g/mol. The summed E-state index contributed by atoms with van der Waals surface area (Å²) in [5, 5.41) is 14.7. The molecule has 0 aliphatic carbocycles. The molecule has 11 aromatic rings. The van der Waals surface area contributed by atoms with Crippen LogP contribution in [-0.2, 0) is 0 Å². The summed E-state index contributed by atoms with van der Waals surface area (Å²) < 4.78 is 4.84. The number of para-hydroxylation sites is 1. The Balaban J connectivity index is 1.21. The van der Waals surface area contributed by atoms with Crippen LogP contribution in [0, 0.1) is 11.3 Å². The van der Waals surface area contributed by atoms with Crippen molar-refractivity contribution >= 4 is 53.3 Å². The lowest BCUT2D eigenvalue weighted by atomic mass is 9.98. The summed E-state index contributed by atoms with van der Waals surface area (Å²) >= 11 is 1.83. The summed E-state index contributed by atoms with van der Waals surface area (Å²) in [4.78, 5) is 15.6. The smallest absolute Gasteiger partial charge is 0.166 e. The van der Waals surface area contributed by atoms with Gasteiger partial charge in [-0.2, -0.15) is 5.26 Å². The van der Waals surface area contributed by atoms with Gasteiger partial charge in [-0.1, -0.05) is 146 Å². The molecule has 0 aliphatic rings. The van der Waals surface area contributed by atoms with Gasteiger partial charge in [0.15, 0.2) is 17.5 Å². The average Bonchev–Trinajstić information content (AvgIpc) is 3.85. The minimum atomic E-state index is 0.582. The number of aromatic nitrogens is 4.